The van der Waals surface area contributed by atoms with Gasteiger partial charge in [0.1, 0.15) is 6.10 Å². The van der Waals surface area contributed by atoms with Crippen molar-refractivity contribution in [2.24, 2.45) is 0 Å². The normalized spacial score (nSPS) is 30.7. The molecule has 1 aromatic rings. The lowest BCUT2D eigenvalue weighted by Gasteiger charge is -2.25. The molecular weight excluding hydrogens is 196 g/mol. The summed E-state index contributed by atoms with van der Waals surface area (Å²) in [4.78, 5) is 0. The smallest absolute Gasteiger partial charge is 0.312 e. The monoisotopic (exact) mass is 210 g/mol. The van der Waals surface area contributed by atoms with Crippen LogP contribution in [0.2, 0.25) is 0 Å². The second kappa shape index (κ2) is 4.28. The van der Waals surface area contributed by atoms with Crippen molar-refractivity contribution < 1.29 is 19.3 Å². The van der Waals surface area contributed by atoms with Gasteiger partial charge in [-0.2, -0.15) is 0 Å². The number of rotatable bonds is 3. The highest BCUT2D eigenvalue weighted by Gasteiger charge is 2.43. The second-order valence-corrected chi connectivity index (χ2v) is 3.36. The average molecular weight is 210 g/mol. The predicted molar refractivity (Wildman–Crippen MR) is 53.0 cm³/mol. The highest BCUT2D eigenvalue weighted by molar-refractivity contribution is 5.19. The lowest BCUT2D eigenvalue weighted by Crippen LogP contribution is -2.30. The molecule has 0 saturated carbocycles. The average Bonchev–Trinajstić information content (AvgIpc) is 2.75. The Kier molecular flexibility index (Phi) is 3.02. The summed E-state index contributed by atoms with van der Waals surface area (Å²) in [5.74, 6) is -1.16. The Morgan fingerprint density at radius 2 is 2.20 bits per heavy atom. The van der Waals surface area contributed by atoms with Gasteiger partial charge < -0.3 is 19.3 Å². The van der Waals surface area contributed by atoms with E-state index in [2.05, 4.69) is 0 Å². The maximum Gasteiger partial charge on any atom is 0.312 e. The van der Waals surface area contributed by atoms with Gasteiger partial charge in [-0.15, -0.1) is 0 Å². The van der Waals surface area contributed by atoms with E-state index in [4.69, 9.17) is 19.3 Å². The Bertz CT molecular complexity index is 314. The van der Waals surface area contributed by atoms with Crippen molar-refractivity contribution in [1.82, 2.24) is 0 Å². The Morgan fingerprint density at radius 3 is 2.73 bits per heavy atom. The summed E-state index contributed by atoms with van der Waals surface area (Å²) in [7, 11) is 1.52. The maximum atomic E-state index is 8.98. The lowest BCUT2D eigenvalue weighted by molar-refractivity contribution is -0.339. The van der Waals surface area contributed by atoms with Crippen LogP contribution in [-0.4, -0.2) is 31.5 Å². The molecule has 0 aromatic heterocycles. The highest BCUT2D eigenvalue weighted by Crippen LogP contribution is 2.34. The van der Waals surface area contributed by atoms with Gasteiger partial charge in [0.05, 0.1) is 13.2 Å². The first-order valence-electron chi connectivity index (χ1n) is 4.84. The highest BCUT2D eigenvalue weighted by atomic mass is 16.9. The topological polar surface area (TPSA) is 47.9 Å². The minimum absolute atomic E-state index is 0.0715. The SMILES string of the molecule is COC1(c2ccccc2)OCC(CO)O1. The first kappa shape index (κ1) is 10.6. The minimum Gasteiger partial charge on any atom is -0.394 e. The quantitative estimate of drug-likeness (QED) is 0.803. The largest absolute Gasteiger partial charge is 0.394 e. The summed E-state index contributed by atoms with van der Waals surface area (Å²) in [6, 6.07) is 9.40. The molecule has 2 unspecified atom stereocenters. The summed E-state index contributed by atoms with van der Waals surface area (Å²) in [5, 5.41) is 8.98. The number of aliphatic hydroxyl groups excluding tert-OH is 1. The van der Waals surface area contributed by atoms with E-state index in [9.17, 15) is 0 Å². The van der Waals surface area contributed by atoms with Gasteiger partial charge in [-0.3, -0.25) is 0 Å². The van der Waals surface area contributed by atoms with Crippen molar-refractivity contribution >= 4 is 0 Å². The summed E-state index contributed by atoms with van der Waals surface area (Å²) in [6.45, 7) is 0.261. The van der Waals surface area contributed by atoms with E-state index in [1.165, 1.54) is 7.11 Å². The molecule has 2 rings (SSSR count). The summed E-state index contributed by atoms with van der Waals surface area (Å²) in [6.07, 6.45) is -0.329. The lowest BCUT2D eigenvalue weighted by atomic mass is 10.2. The molecule has 0 amide bonds. The number of ether oxygens (including phenoxy) is 3. The van der Waals surface area contributed by atoms with Crippen LogP contribution in [0.1, 0.15) is 5.56 Å². The first-order chi connectivity index (χ1) is 7.30. The number of methoxy groups -OCH3 is 1. The molecule has 2 atom stereocenters. The van der Waals surface area contributed by atoms with Gasteiger partial charge in [0.15, 0.2) is 0 Å². The predicted octanol–water partition coefficient (Wildman–Crippen LogP) is 0.851. The maximum absolute atomic E-state index is 8.98. The molecule has 1 aromatic carbocycles. The summed E-state index contributed by atoms with van der Waals surface area (Å²) in [5.41, 5.74) is 0.795. The first-order valence-corrected chi connectivity index (χ1v) is 4.84. The van der Waals surface area contributed by atoms with Gasteiger partial charge in [0, 0.05) is 12.7 Å². The molecule has 4 nitrogen and oxygen atoms in total. The molecule has 1 N–H and O–H groups in total. The van der Waals surface area contributed by atoms with E-state index < -0.39 is 5.97 Å². The number of aliphatic hydroxyl groups is 1. The zero-order valence-corrected chi connectivity index (χ0v) is 8.55. The Labute approximate surface area is 88.4 Å². The standard InChI is InChI=1S/C11H14O4/c1-13-11(9-5-3-2-4-6-9)14-8-10(7-12)15-11/h2-6,10,12H,7-8H2,1H3. The van der Waals surface area contributed by atoms with Crippen LogP contribution < -0.4 is 0 Å². The fourth-order valence-electron chi connectivity index (χ4n) is 1.60. The van der Waals surface area contributed by atoms with Crippen molar-refractivity contribution in [2.45, 2.75) is 12.1 Å². The molecule has 0 aliphatic carbocycles. The zero-order chi connectivity index (χ0) is 10.7. The van der Waals surface area contributed by atoms with E-state index in [1.807, 2.05) is 30.3 Å². The van der Waals surface area contributed by atoms with Crippen molar-refractivity contribution in [3.05, 3.63) is 35.9 Å². The molecule has 15 heavy (non-hydrogen) atoms. The fraction of sp³-hybridized carbons (Fsp3) is 0.455. The molecule has 82 valence electrons. The van der Waals surface area contributed by atoms with E-state index in [-0.39, 0.29) is 12.7 Å². The third-order valence-electron chi connectivity index (χ3n) is 2.38. The third kappa shape index (κ3) is 1.89. The van der Waals surface area contributed by atoms with Gasteiger partial charge in [0.25, 0.3) is 0 Å². The summed E-state index contributed by atoms with van der Waals surface area (Å²) >= 11 is 0. The van der Waals surface area contributed by atoms with Crippen molar-refractivity contribution in [3.8, 4) is 0 Å². The van der Waals surface area contributed by atoms with Crippen molar-refractivity contribution in [2.75, 3.05) is 20.3 Å². The molecule has 1 fully saturated rings. The molecule has 1 aliphatic heterocycles. The van der Waals surface area contributed by atoms with E-state index in [1.54, 1.807) is 0 Å². The van der Waals surface area contributed by atoms with Crippen LogP contribution in [0.15, 0.2) is 30.3 Å². The molecule has 0 spiro atoms. The van der Waals surface area contributed by atoms with E-state index in [0.717, 1.165) is 5.56 Å². The molecule has 1 aliphatic rings. The molecule has 1 heterocycles. The Hall–Kier alpha value is -0.940. The van der Waals surface area contributed by atoms with Crippen LogP contribution in [0, 0.1) is 0 Å². The molecular formula is C11H14O4. The van der Waals surface area contributed by atoms with Crippen LogP contribution in [0.4, 0.5) is 0 Å². The van der Waals surface area contributed by atoms with Gasteiger partial charge in [0.2, 0.25) is 0 Å². The van der Waals surface area contributed by atoms with Crippen LogP contribution in [0.3, 0.4) is 0 Å². The fourth-order valence-corrected chi connectivity index (χ4v) is 1.60. The van der Waals surface area contributed by atoms with Crippen LogP contribution in [0.5, 0.6) is 0 Å². The number of benzene rings is 1. The van der Waals surface area contributed by atoms with E-state index in [0.29, 0.717) is 6.61 Å². The minimum atomic E-state index is -1.16. The molecule has 4 heteroatoms. The molecule has 0 radical (unpaired) electrons. The second-order valence-electron chi connectivity index (χ2n) is 3.36. The molecule has 0 bridgehead atoms. The van der Waals surface area contributed by atoms with Crippen molar-refractivity contribution in [3.63, 3.8) is 0 Å². The third-order valence-corrected chi connectivity index (χ3v) is 2.38. The Morgan fingerprint density at radius 1 is 1.47 bits per heavy atom. The van der Waals surface area contributed by atoms with Gasteiger partial charge in [-0.1, -0.05) is 30.3 Å². The van der Waals surface area contributed by atoms with Crippen LogP contribution in [-0.2, 0) is 20.2 Å². The summed E-state index contributed by atoms with van der Waals surface area (Å²) < 4.78 is 16.3. The van der Waals surface area contributed by atoms with Gasteiger partial charge in [-0.25, -0.2) is 0 Å². The van der Waals surface area contributed by atoms with E-state index >= 15 is 0 Å². The zero-order valence-electron chi connectivity index (χ0n) is 8.55. The Balaban J connectivity index is 2.24. The number of hydrogen-bond donors (Lipinski definition) is 1. The van der Waals surface area contributed by atoms with Crippen LogP contribution >= 0.6 is 0 Å². The van der Waals surface area contributed by atoms with Gasteiger partial charge >= 0.3 is 5.97 Å². The van der Waals surface area contributed by atoms with Gasteiger partial charge in [-0.05, 0) is 0 Å². The number of hydrogen-bond acceptors (Lipinski definition) is 4. The van der Waals surface area contributed by atoms with Crippen LogP contribution in [0.25, 0.3) is 0 Å². The molecule has 1 saturated heterocycles. The van der Waals surface area contributed by atoms with Crippen molar-refractivity contribution in [1.29, 1.82) is 0 Å².